The minimum absolute atomic E-state index is 0.0936. The average molecular weight is 295 g/mol. The lowest BCUT2D eigenvalue weighted by Gasteiger charge is -2.03. The fourth-order valence-electron chi connectivity index (χ4n) is 1.70. The van der Waals surface area contributed by atoms with Gasteiger partial charge in [0.25, 0.3) is 0 Å². The van der Waals surface area contributed by atoms with Gasteiger partial charge in [-0.2, -0.15) is 4.89 Å². The molecular weight excluding hydrogens is 279 g/mol. The van der Waals surface area contributed by atoms with Crippen molar-refractivity contribution < 1.29 is 4.89 Å². The van der Waals surface area contributed by atoms with E-state index in [9.17, 15) is 4.89 Å². The minimum Gasteiger partial charge on any atom is -0.178 e. The molecule has 0 amide bonds. The van der Waals surface area contributed by atoms with E-state index in [2.05, 4.69) is 36.5 Å². The predicted octanol–water partition coefficient (Wildman–Crippen LogP) is 4.15. The molecule has 1 atom stereocenters. The van der Waals surface area contributed by atoms with Crippen molar-refractivity contribution in [2.75, 3.05) is 0 Å². The maximum atomic E-state index is 9.88. The van der Waals surface area contributed by atoms with E-state index < -0.39 is 6.13 Å². The fourth-order valence-corrected chi connectivity index (χ4v) is 5.81. The summed E-state index contributed by atoms with van der Waals surface area (Å²) in [5.41, 5.74) is 2.54. The van der Waals surface area contributed by atoms with Gasteiger partial charge in [0.1, 0.15) is 12.2 Å². The van der Waals surface area contributed by atoms with Gasteiger partial charge in [-0.3, -0.25) is 0 Å². The molecule has 0 radical (unpaired) electrons. The van der Waals surface area contributed by atoms with Crippen LogP contribution in [0.25, 0.3) is 0 Å². The standard InChI is InChI=1S/C14H16OPS2/c15-16(17)18(11-13-7-3-1-4-8-13)12-14-9-5-2-6-10-14/h1-10,15,17H,11-12H2/q+1. The van der Waals surface area contributed by atoms with Gasteiger partial charge in [-0.15, -0.1) is 0 Å². The summed E-state index contributed by atoms with van der Waals surface area (Å²) < 4.78 is 0. The predicted molar refractivity (Wildman–Crippen MR) is 85.8 cm³/mol. The third-order valence-electron chi connectivity index (χ3n) is 2.58. The van der Waals surface area contributed by atoms with Crippen molar-refractivity contribution in [1.29, 1.82) is 0 Å². The second kappa shape index (κ2) is 7.10. The molecule has 18 heavy (non-hydrogen) atoms. The van der Waals surface area contributed by atoms with Crippen LogP contribution in [0.15, 0.2) is 60.7 Å². The second-order valence-corrected chi connectivity index (χ2v) is 10.5. The van der Waals surface area contributed by atoms with Crippen LogP contribution >= 0.6 is 18.4 Å². The van der Waals surface area contributed by atoms with E-state index in [-0.39, 0.29) is 10.1 Å². The average Bonchev–Trinajstić information content (AvgIpc) is 2.40. The molecule has 0 spiro atoms. The summed E-state index contributed by atoms with van der Waals surface area (Å²) in [7, 11) is -0.0936. The highest BCUT2D eigenvalue weighted by molar-refractivity contribution is 8.60. The van der Waals surface area contributed by atoms with Gasteiger partial charge in [-0.25, -0.2) is 0 Å². The first-order valence-corrected chi connectivity index (χ1v) is 10.3. The monoisotopic (exact) mass is 295 g/mol. The molecule has 0 saturated heterocycles. The lowest BCUT2D eigenvalue weighted by molar-refractivity contribution is 0.658. The zero-order valence-electron chi connectivity index (χ0n) is 9.94. The highest BCUT2D eigenvalue weighted by atomic mass is 32.9. The molecule has 0 aliphatic rings. The first kappa shape index (κ1) is 13.8. The highest BCUT2D eigenvalue weighted by Gasteiger charge is 2.13. The summed E-state index contributed by atoms with van der Waals surface area (Å²) in [6, 6.07) is 20.6. The van der Waals surface area contributed by atoms with Crippen LogP contribution in [0.5, 0.6) is 0 Å². The molecule has 2 aromatic rings. The van der Waals surface area contributed by atoms with Crippen LogP contribution in [0.2, 0.25) is 0 Å². The quantitative estimate of drug-likeness (QED) is 0.641. The normalized spacial score (nSPS) is 11.6. The third-order valence-corrected chi connectivity index (χ3v) is 8.62. The second-order valence-electron chi connectivity index (χ2n) is 3.97. The molecule has 1 N–H and O–H groups in total. The first-order valence-electron chi connectivity index (χ1n) is 5.69. The van der Waals surface area contributed by atoms with Gasteiger partial charge >= 0.3 is 6.13 Å². The number of benzene rings is 2. The lowest BCUT2D eigenvalue weighted by Crippen LogP contribution is -1.98. The Morgan fingerprint density at radius 1 is 0.833 bits per heavy atom. The maximum Gasteiger partial charge on any atom is 0.353 e. The Kier molecular flexibility index (Phi) is 5.45. The van der Waals surface area contributed by atoms with Crippen molar-refractivity contribution in [2.45, 2.75) is 11.5 Å². The summed E-state index contributed by atoms with van der Waals surface area (Å²) in [6.07, 6.45) is -1.19. The Balaban J connectivity index is 2.14. The first-order chi connectivity index (χ1) is 8.75. The molecule has 1 unspecified atom stereocenters. The van der Waals surface area contributed by atoms with E-state index in [1.807, 2.05) is 36.4 Å². The van der Waals surface area contributed by atoms with Crippen molar-refractivity contribution >= 4 is 28.4 Å². The van der Waals surface area contributed by atoms with Gasteiger partial charge in [0.15, 0.2) is 0 Å². The molecule has 2 aromatic carbocycles. The van der Waals surface area contributed by atoms with E-state index in [0.717, 1.165) is 11.5 Å². The molecule has 0 heterocycles. The van der Waals surface area contributed by atoms with Crippen molar-refractivity contribution in [3.63, 3.8) is 0 Å². The Hall–Kier alpha value is -0.600. The topological polar surface area (TPSA) is 20.2 Å². The van der Waals surface area contributed by atoms with Gasteiger partial charge in [0.2, 0.25) is 0 Å². The Bertz CT molecular complexity index is 479. The van der Waals surface area contributed by atoms with Gasteiger partial charge in [-0.05, 0) is 11.1 Å². The zero-order valence-corrected chi connectivity index (χ0v) is 12.5. The molecule has 0 aromatic heterocycles. The molecule has 0 aliphatic heterocycles. The minimum atomic E-state index is -1.19. The molecule has 1 nitrogen and oxygen atoms in total. The summed E-state index contributed by atoms with van der Waals surface area (Å²) in [6.45, 7) is 0. The van der Waals surface area contributed by atoms with Gasteiger partial charge in [0.05, 0.1) is 11.5 Å². The number of rotatable bonds is 4. The van der Waals surface area contributed by atoms with Crippen LogP contribution in [0.3, 0.4) is 0 Å². The largest absolute Gasteiger partial charge is 0.353 e. The Labute approximate surface area is 116 Å². The van der Waals surface area contributed by atoms with Crippen LogP contribution in [0.1, 0.15) is 11.1 Å². The van der Waals surface area contributed by atoms with E-state index >= 15 is 0 Å². The smallest absolute Gasteiger partial charge is 0.178 e. The van der Waals surface area contributed by atoms with E-state index in [1.165, 1.54) is 11.1 Å². The van der Waals surface area contributed by atoms with Crippen LogP contribution in [0.4, 0.5) is 0 Å². The number of thiol groups is 1. The van der Waals surface area contributed by atoms with Crippen molar-refractivity contribution in [1.82, 2.24) is 0 Å². The van der Waals surface area contributed by atoms with Gasteiger partial charge in [-0.1, -0.05) is 60.7 Å². The van der Waals surface area contributed by atoms with Crippen LogP contribution in [0, 0.1) is 0 Å². The fraction of sp³-hybridized carbons (Fsp3) is 0.143. The maximum absolute atomic E-state index is 9.88. The molecule has 94 valence electrons. The summed E-state index contributed by atoms with van der Waals surface area (Å²) in [5.74, 6) is 1.81. The summed E-state index contributed by atoms with van der Waals surface area (Å²) in [5, 5.41) is 0. The van der Waals surface area contributed by atoms with Gasteiger partial charge < -0.3 is 0 Å². The molecule has 2 rings (SSSR count). The van der Waals surface area contributed by atoms with Crippen molar-refractivity contribution in [2.24, 2.45) is 0 Å². The summed E-state index contributed by atoms with van der Waals surface area (Å²) >= 11 is 4.29. The molecular formula is C14H16OPS2+. The molecule has 0 fully saturated rings. The van der Waals surface area contributed by atoms with E-state index in [4.69, 9.17) is 0 Å². The Morgan fingerprint density at radius 3 is 1.56 bits per heavy atom. The third kappa shape index (κ3) is 4.25. The SMILES string of the molecule is O[P+](S)=S(Cc1ccccc1)Cc1ccccc1. The highest BCUT2D eigenvalue weighted by Crippen LogP contribution is 2.31. The molecule has 0 aliphatic carbocycles. The molecule has 0 saturated carbocycles. The molecule has 0 bridgehead atoms. The number of hydrogen-bond donors (Lipinski definition) is 2. The zero-order chi connectivity index (χ0) is 12.8. The molecule has 4 heteroatoms. The van der Waals surface area contributed by atoms with Crippen molar-refractivity contribution in [3.8, 4) is 0 Å². The van der Waals surface area contributed by atoms with E-state index in [0.29, 0.717) is 0 Å². The van der Waals surface area contributed by atoms with Gasteiger partial charge in [0, 0.05) is 10.1 Å². The van der Waals surface area contributed by atoms with Crippen LogP contribution < -0.4 is 0 Å². The Morgan fingerprint density at radius 2 is 1.22 bits per heavy atom. The van der Waals surface area contributed by atoms with E-state index in [1.54, 1.807) is 0 Å². The van der Waals surface area contributed by atoms with Crippen LogP contribution in [-0.2, 0) is 21.6 Å². The summed E-state index contributed by atoms with van der Waals surface area (Å²) in [4.78, 5) is 9.88. The lowest BCUT2D eigenvalue weighted by atomic mass is 10.2. The number of hydrogen-bond acceptors (Lipinski definition) is 0. The van der Waals surface area contributed by atoms with Crippen LogP contribution in [-0.4, -0.2) is 4.89 Å². The van der Waals surface area contributed by atoms with Crippen molar-refractivity contribution in [3.05, 3.63) is 71.8 Å².